The zero-order valence-electron chi connectivity index (χ0n) is 11.3. The average molecular weight is 303 g/mol. The topological polar surface area (TPSA) is 55.8 Å². The third-order valence-electron chi connectivity index (χ3n) is 3.20. The molecule has 0 radical (unpaired) electrons. The lowest BCUT2D eigenvalue weighted by molar-refractivity contribution is -0.138. The van der Waals surface area contributed by atoms with Crippen LogP contribution in [0, 0.1) is 5.82 Å². The van der Waals surface area contributed by atoms with Gasteiger partial charge in [0.2, 0.25) is 0 Å². The van der Waals surface area contributed by atoms with Gasteiger partial charge in [0, 0.05) is 23.5 Å². The normalized spacial score (nSPS) is 14.8. The Morgan fingerprint density at radius 3 is 2.75 bits per heavy atom. The number of ether oxygens (including phenoxy) is 2. The molecule has 0 spiro atoms. The number of rotatable bonds is 3. The second-order valence-corrected chi connectivity index (χ2v) is 5.79. The summed E-state index contributed by atoms with van der Waals surface area (Å²) in [5.74, 6) is -1.04. The van der Waals surface area contributed by atoms with Crippen LogP contribution in [0.4, 0.5) is 4.39 Å². The van der Waals surface area contributed by atoms with Crippen LogP contribution in [0.2, 0.25) is 5.02 Å². The molecule has 0 bridgehead atoms. The number of aliphatic carboxylic acids is 1. The van der Waals surface area contributed by atoms with Crippen molar-refractivity contribution in [3.63, 3.8) is 0 Å². The van der Waals surface area contributed by atoms with Gasteiger partial charge in [0.25, 0.3) is 0 Å². The molecule has 1 aliphatic rings. The number of benzene rings is 1. The van der Waals surface area contributed by atoms with Gasteiger partial charge in [0.15, 0.2) is 11.5 Å². The molecule has 1 aliphatic heterocycles. The predicted octanol–water partition coefficient (Wildman–Crippen LogP) is 3.39. The summed E-state index contributed by atoms with van der Waals surface area (Å²) in [5.41, 5.74) is -0.803. The number of carbonyl (C=O) groups is 1. The van der Waals surface area contributed by atoms with Gasteiger partial charge in [-0.2, -0.15) is 0 Å². The molecule has 1 aromatic rings. The van der Waals surface area contributed by atoms with Gasteiger partial charge in [-0.25, -0.2) is 4.39 Å². The molecule has 20 heavy (non-hydrogen) atoms. The molecule has 0 fully saturated rings. The van der Waals surface area contributed by atoms with E-state index in [2.05, 4.69) is 0 Å². The number of carboxylic acid groups (broad SMARTS) is 1. The minimum atomic E-state index is -1.02. The number of hydrogen-bond donors (Lipinski definition) is 1. The number of carboxylic acids is 1. The van der Waals surface area contributed by atoms with Crippen LogP contribution in [0.5, 0.6) is 11.5 Å². The molecular formula is C14H16ClFO4. The minimum Gasteiger partial charge on any atom is -0.489 e. The van der Waals surface area contributed by atoms with Gasteiger partial charge < -0.3 is 14.6 Å². The van der Waals surface area contributed by atoms with E-state index in [1.165, 1.54) is 6.07 Å². The molecule has 2 rings (SSSR count). The molecule has 0 aliphatic carbocycles. The van der Waals surface area contributed by atoms with E-state index in [4.69, 9.17) is 26.2 Å². The smallest absolute Gasteiger partial charge is 0.304 e. The molecule has 1 heterocycles. The Morgan fingerprint density at radius 1 is 1.45 bits per heavy atom. The summed E-state index contributed by atoms with van der Waals surface area (Å²) in [4.78, 5) is 11.0. The summed E-state index contributed by atoms with van der Waals surface area (Å²) in [6.07, 6.45) is 0.437. The molecule has 110 valence electrons. The van der Waals surface area contributed by atoms with Crippen molar-refractivity contribution in [2.75, 3.05) is 13.2 Å². The third kappa shape index (κ3) is 2.82. The minimum absolute atomic E-state index is 0.0947. The maximum Gasteiger partial charge on any atom is 0.304 e. The van der Waals surface area contributed by atoms with Crippen LogP contribution in [0.25, 0.3) is 0 Å². The number of halogens is 2. The van der Waals surface area contributed by atoms with E-state index < -0.39 is 17.2 Å². The van der Waals surface area contributed by atoms with E-state index in [1.807, 2.05) is 0 Å². The van der Waals surface area contributed by atoms with Gasteiger partial charge in [-0.1, -0.05) is 25.4 Å². The van der Waals surface area contributed by atoms with Crippen LogP contribution in [0.1, 0.15) is 32.3 Å². The Morgan fingerprint density at radius 2 is 2.10 bits per heavy atom. The van der Waals surface area contributed by atoms with Gasteiger partial charge in [0.1, 0.15) is 5.82 Å². The highest BCUT2D eigenvalue weighted by Crippen LogP contribution is 2.45. The highest BCUT2D eigenvalue weighted by atomic mass is 35.5. The zero-order chi connectivity index (χ0) is 14.9. The predicted molar refractivity (Wildman–Crippen MR) is 72.3 cm³/mol. The summed E-state index contributed by atoms with van der Waals surface area (Å²) in [6.45, 7) is 4.13. The Hall–Kier alpha value is -1.49. The summed E-state index contributed by atoms with van der Waals surface area (Å²) in [5, 5.41) is 8.91. The van der Waals surface area contributed by atoms with E-state index >= 15 is 0 Å². The van der Waals surface area contributed by atoms with E-state index in [0.29, 0.717) is 25.4 Å². The van der Waals surface area contributed by atoms with Crippen molar-refractivity contribution in [2.24, 2.45) is 0 Å². The molecule has 0 saturated heterocycles. The fraction of sp³-hybridized carbons (Fsp3) is 0.500. The van der Waals surface area contributed by atoms with Crippen LogP contribution in [-0.2, 0) is 10.2 Å². The third-order valence-corrected chi connectivity index (χ3v) is 3.48. The van der Waals surface area contributed by atoms with Crippen molar-refractivity contribution in [1.29, 1.82) is 0 Å². The van der Waals surface area contributed by atoms with E-state index in [-0.39, 0.29) is 22.8 Å². The van der Waals surface area contributed by atoms with Gasteiger partial charge in [0.05, 0.1) is 24.7 Å². The van der Waals surface area contributed by atoms with Gasteiger partial charge in [-0.05, 0) is 0 Å². The quantitative estimate of drug-likeness (QED) is 0.930. The first-order valence-electron chi connectivity index (χ1n) is 6.33. The molecule has 1 aromatic carbocycles. The Balaban J connectivity index is 2.61. The van der Waals surface area contributed by atoms with Gasteiger partial charge >= 0.3 is 5.97 Å². The first-order chi connectivity index (χ1) is 9.33. The standard InChI is InChI=1S/C14H16ClFO4/c1-14(2,7-10(17)18)11-12(16)8(15)6-9-13(11)20-5-3-4-19-9/h6H,3-5,7H2,1-2H3,(H,17,18). The first-order valence-corrected chi connectivity index (χ1v) is 6.70. The van der Waals surface area contributed by atoms with Crippen molar-refractivity contribution in [3.05, 3.63) is 22.5 Å². The zero-order valence-corrected chi connectivity index (χ0v) is 12.1. The fourth-order valence-electron chi connectivity index (χ4n) is 2.32. The van der Waals surface area contributed by atoms with Crippen molar-refractivity contribution < 1.29 is 23.8 Å². The maximum atomic E-state index is 14.4. The van der Waals surface area contributed by atoms with Crippen molar-refractivity contribution in [3.8, 4) is 11.5 Å². The summed E-state index contributed by atoms with van der Waals surface area (Å²) in [6, 6.07) is 1.37. The number of fused-ring (bicyclic) bond motifs is 1. The molecule has 0 aromatic heterocycles. The van der Waals surface area contributed by atoms with Gasteiger partial charge in [-0.15, -0.1) is 0 Å². The van der Waals surface area contributed by atoms with Crippen LogP contribution >= 0.6 is 11.6 Å². The molecule has 4 nitrogen and oxygen atoms in total. The second-order valence-electron chi connectivity index (χ2n) is 5.38. The lowest BCUT2D eigenvalue weighted by atomic mass is 9.80. The largest absolute Gasteiger partial charge is 0.489 e. The highest BCUT2D eigenvalue weighted by molar-refractivity contribution is 6.31. The molecule has 6 heteroatoms. The van der Waals surface area contributed by atoms with E-state index in [9.17, 15) is 9.18 Å². The second kappa shape index (κ2) is 5.48. The monoisotopic (exact) mass is 302 g/mol. The van der Waals surface area contributed by atoms with E-state index in [0.717, 1.165) is 0 Å². The Bertz CT molecular complexity index is 542. The Labute approximate surface area is 121 Å². The van der Waals surface area contributed by atoms with Crippen LogP contribution < -0.4 is 9.47 Å². The van der Waals surface area contributed by atoms with Crippen LogP contribution in [0.15, 0.2) is 6.07 Å². The van der Waals surface area contributed by atoms with Crippen molar-refractivity contribution in [2.45, 2.75) is 32.1 Å². The van der Waals surface area contributed by atoms with Crippen molar-refractivity contribution >= 4 is 17.6 Å². The molecule has 0 unspecified atom stereocenters. The summed E-state index contributed by atoms with van der Waals surface area (Å²) < 4.78 is 25.5. The van der Waals surface area contributed by atoms with Crippen molar-refractivity contribution in [1.82, 2.24) is 0 Å². The Kier molecular flexibility index (Phi) is 4.09. The van der Waals surface area contributed by atoms with E-state index in [1.54, 1.807) is 13.8 Å². The molecule has 0 amide bonds. The molecular weight excluding hydrogens is 287 g/mol. The summed E-state index contributed by atoms with van der Waals surface area (Å²) in [7, 11) is 0. The maximum absolute atomic E-state index is 14.4. The lowest BCUT2D eigenvalue weighted by Gasteiger charge is -2.27. The number of hydrogen-bond acceptors (Lipinski definition) is 3. The molecule has 0 saturated carbocycles. The fourth-order valence-corrected chi connectivity index (χ4v) is 2.52. The lowest BCUT2D eigenvalue weighted by Crippen LogP contribution is -2.24. The SMILES string of the molecule is CC(C)(CC(=O)O)c1c(F)c(Cl)cc2c1OCCCO2. The highest BCUT2D eigenvalue weighted by Gasteiger charge is 2.34. The molecule has 0 atom stereocenters. The van der Waals surface area contributed by atoms with Gasteiger partial charge in [-0.3, -0.25) is 4.79 Å². The average Bonchev–Trinajstić information content (AvgIpc) is 2.53. The molecule has 1 N–H and O–H groups in total. The first kappa shape index (κ1) is 14.9. The van der Waals surface area contributed by atoms with Crippen LogP contribution in [-0.4, -0.2) is 24.3 Å². The summed E-state index contributed by atoms with van der Waals surface area (Å²) >= 11 is 5.89. The van der Waals surface area contributed by atoms with Crippen LogP contribution in [0.3, 0.4) is 0 Å².